The topological polar surface area (TPSA) is 157 Å². The van der Waals surface area contributed by atoms with Crippen LogP contribution >= 0.6 is 0 Å². The quantitative estimate of drug-likeness (QED) is 0.160. The first-order chi connectivity index (χ1) is 20.6. The van der Waals surface area contributed by atoms with Gasteiger partial charge in [-0.25, -0.2) is 27.0 Å². The predicted octanol–water partition coefficient (Wildman–Crippen LogP) is 3.12. The number of rotatable bonds is 14. The van der Waals surface area contributed by atoms with Crippen LogP contribution < -0.4 is 19.6 Å². The van der Waals surface area contributed by atoms with Gasteiger partial charge in [0.1, 0.15) is 11.5 Å². The van der Waals surface area contributed by atoms with Crippen LogP contribution in [0.5, 0.6) is 11.5 Å². The normalized spacial score (nSPS) is 12.0. The fourth-order valence-electron chi connectivity index (χ4n) is 3.91. The molecule has 0 spiro atoms. The first kappa shape index (κ1) is 31.4. The first-order valence-electron chi connectivity index (χ1n) is 12.8. The van der Waals surface area contributed by atoms with Crippen molar-refractivity contribution in [2.45, 2.75) is 22.9 Å². The van der Waals surface area contributed by atoms with Crippen LogP contribution in [0, 0.1) is 0 Å². The van der Waals surface area contributed by atoms with E-state index in [1.165, 1.54) is 50.8 Å². The molecular weight excluding hydrogens is 596 g/mol. The number of carbonyl (C=O) groups excluding carboxylic acids is 1. The van der Waals surface area contributed by atoms with Gasteiger partial charge >= 0.3 is 0 Å². The maximum absolute atomic E-state index is 13.6. The molecule has 1 aromatic heterocycles. The molecule has 0 atom stereocenters. The first-order valence-corrected chi connectivity index (χ1v) is 15.8. The largest absolute Gasteiger partial charge is 0.493 e. The molecule has 1 amide bonds. The van der Waals surface area contributed by atoms with Crippen LogP contribution in [0.2, 0.25) is 0 Å². The van der Waals surface area contributed by atoms with E-state index < -0.39 is 32.5 Å². The van der Waals surface area contributed by atoms with Crippen LogP contribution in [0.1, 0.15) is 17.1 Å². The number of nitrogens with one attached hydrogen (secondary N) is 2. The zero-order valence-electron chi connectivity index (χ0n) is 23.3. The van der Waals surface area contributed by atoms with E-state index in [-0.39, 0.29) is 34.4 Å². The summed E-state index contributed by atoms with van der Waals surface area (Å²) < 4.78 is 71.5. The average molecular weight is 627 g/mol. The second-order valence-corrected chi connectivity index (χ2v) is 12.7. The van der Waals surface area contributed by atoms with Gasteiger partial charge in [0, 0.05) is 12.6 Å². The maximum Gasteiger partial charge on any atom is 0.255 e. The summed E-state index contributed by atoms with van der Waals surface area (Å²) in [6.07, 6.45) is 1.22. The standard InChI is InChI=1S/C29H30N4O8S2/c1-39-27-16-15-26(17-28(27)40-2)43(37,38)33(20-22-9-5-3-6-10-22)21-29(34)32-30-18-23-13-14-24(41-23)19-31-42(35,36)25-11-7-4-8-12-25/h3-18,31H,19-21H2,1-2H3,(H,32,34)/b30-18-. The molecule has 4 rings (SSSR count). The van der Waals surface area contributed by atoms with Crippen LogP contribution in [-0.2, 0) is 37.9 Å². The van der Waals surface area contributed by atoms with E-state index >= 15 is 0 Å². The van der Waals surface area contributed by atoms with Gasteiger partial charge in [0.2, 0.25) is 20.0 Å². The fourth-order valence-corrected chi connectivity index (χ4v) is 6.33. The van der Waals surface area contributed by atoms with Gasteiger partial charge in [0.15, 0.2) is 11.5 Å². The molecule has 0 bridgehead atoms. The molecule has 0 aliphatic rings. The third-order valence-corrected chi connectivity index (χ3v) is 9.27. The molecule has 14 heteroatoms. The minimum atomic E-state index is -4.15. The van der Waals surface area contributed by atoms with Crippen molar-refractivity contribution in [2.75, 3.05) is 20.8 Å². The third-order valence-electron chi connectivity index (χ3n) is 6.07. The van der Waals surface area contributed by atoms with Crippen LogP contribution in [0.3, 0.4) is 0 Å². The molecule has 0 aliphatic heterocycles. The zero-order chi connectivity index (χ0) is 30.9. The van der Waals surface area contributed by atoms with Crippen LogP contribution in [0.25, 0.3) is 0 Å². The number of hydrogen-bond acceptors (Lipinski definition) is 9. The van der Waals surface area contributed by atoms with E-state index in [2.05, 4.69) is 15.2 Å². The van der Waals surface area contributed by atoms with Crippen LogP contribution in [0.4, 0.5) is 0 Å². The van der Waals surface area contributed by atoms with E-state index in [9.17, 15) is 21.6 Å². The van der Waals surface area contributed by atoms with Crippen molar-refractivity contribution in [3.63, 3.8) is 0 Å². The summed E-state index contributed by atoms with van der Waals surface area (Å²) in [7, 11) is -5.04. The lowest BCUT2D eigenvalue weighted by molar-refractivity contribution is -0.121. The smallest absolute Gasteiger partial charge is 0.255 e. The molecule has 0 radical (unpaired) electrons. The number of nitrogens with zero attached hydrogens (tertiary/aromatic N) is 2. The molecule has 0 aliphatic carbocycles. The number of sulfonamides is 2. The second kappa shape index (κ2) is 14.1. The number of benzene rings is 3. The summed E-state index contributed by atoms with van der Waals surface area (Å²) in [4.78, 5) is 12.9. The number of hydrazone groups is 1. The van der Waals surface area contributed by atoms with Gasteiger partial charge in [-0.2, -0.15) is 9.41 Å². The summed E-state index contributed by atoms with van der Waals surface area (Å²) in [5.41, 5.74) is 2.98. The van der Waals surface area contributed by atoms with Gasteiger partial charge in [-0.1, -0.05) is 48.5 Å². The molecule has 2 N–H and O–H groups in total. The van der Waals surface area contributed by atoms with Gasteiger partial charge in [-0.15, -0.1) is 0 Å². The number of hydrogen-bond donors (Lipinski definition) is 2. The average Bonchev–Trinajstić information content (AvgIpc) is 3.48. The SMILES string of the molecule is COc1ccc(S(=O)(=O)N(CC(=O)N/N=C\c2ccc(CNS(=O)(=O)c3ccccc3)o2)Cc2ccccc2)cc1OC. The van der Waals surface area contributed by atoms with Crippen molar-refractivity contribution in [1.29, 1.82) is 0 Å². The van der Waals surface area contributed by atoms with Crippen molar-refractivity contribution >= 4 is 32.2 Å². The minimum absolute atomic E-state index is 0.0743. The Balaban J connectivity index is 1.42. The summed E-state index contributed by atoms with van der Waals surface area (Å²) in [6.45, 7) is -0.706. The van der Waals surface area contributed by atoms with Gasteiger partial charge in [0.05, 0.1) is 43.3 Å². The molecule has 0 unspecified atom stereocenters. The molecule has 43 heavy (non-hydrogen) atoms. The monoisotopic (exact) mass is 626 g/mol. The van der Waals surface area contributed by atoms with E-state index in [1.807, 2.05) is 0 Å². The Kier molecular flexibility index (Phi) is 10.3. The Bertz CT molecular complexity index is 1780. The lowest BCUT2D eigenvalue weighted by atomic mass is 10.2. The molecule has 1 heterocycles. The summed E-state index contributed by atoms with van der Waals surface area (Å²) in [5, 5.41) is 3.86. The van der Waals surface area contributed by atoms with Gasteiger partial charge in [0.25, 0.3) is 5.91 Å². The highest BCUT2D eigenvalue weighted by Crippen LogP contribution is 2.31. The highest BCUT2D eigenvalue weighted by atomic mass is 32.2. The van der Waals surface area contributed by atoms with E-state index in [0.29, 0.717) is 17.1 Å². The van der Waals surface area contributed by atoms with Crippen molar-refractivity contribution in [1.82, 2.24) is 14.5 Å². The fraction of sp³-hybridized carbons (Fsp3) is 0.172. The summed E-state index contributed by atoms with van der Waals surface area (Å²) in [5.74, 6) is 0.454. The Morgan fingerprint density at radius 2 is 1.53 bits per heavy atom. The van der Waals surface area contributed by atoms with E-state index in [4.69, 9.17) is 13.9 Å². The molecule has 0 saturated heterocycles. The van der Waals surface area contributed by atoms with Gasteiger partial charge in [-0.3, -0.25) is 4.79 Å². The van der Waals surface area contributed by atoms with E-state index in [1.54, 1.807) is 60.7 Å². The molecule has 0 saturated carbocycles. The molecule has 4 aromatic rings. The molecule has 0 fully saturated rings. The number of carbonyl (C=O) groups is 1. The number of amides is 1. The minimum Gasteiger partial charge on any atom is -0.493 e. The van der Waals surface area contributed by atoms with Crippen molar-refractivity contribution in [3.8, 4) is 11.5 Å². The lowest BCUT2D eigenvalue weighted by Gasteiger charge is -2.22. The Hall–Kier alpha value is -4.50. The number of furan rings is 1. The van der Waals surface area contributed by atoms with Gasteiger partial charge < -0.3 is 13.9 Å². The summed E-state index contributed by atoms with van der Waals surface area (Å²) >= 11 is 0. The predicted molar refractivity (Wildman–Crippen MR) is 158 cm³/mol. The van der Waals surface area contributed by atoms with Crippen molar-refractivity contribution < 1.29 is 35.5 Å². The Morgan fingerprint density at radius 3 is 2.21 bits per heavy atom. The highest BCUT2D eigenvalue weighted by Gasteiger charge is 2.28. The Labute approximate surface area is 250 Å². The Morgan fingerprint density at radius 1 is 0.860 bits per heavy atom. The number of methoxy groups -OCH3 is 2. The molecular formula is C29H30N4O8S2. The maximum atomic E-state index is 13.6. The second-order valence-electron chi connectivity index (χ2n) is 9.01. The lowest BCUT2D eigenvalue weighted by Crippen LogP contribution is -2.39. The van der Waals surface area contributed by atoms with Crippen LogP contribution in [0.15, 0.2) is 110 Å². The summed E-state index contributed by atoms with van der Waals surface area (Å²) in [6, 6.07) is 24.0. The van der Waals surface area contributed by atoms with E-state index in [0.717, 1.165) is 4.31 Å². The van der Waals surface area contributed by atoms with Gasteiger partial charge in [-0.05, 0) is 42.0 Å². The van der Waals surface area contributed by atoms with Crippen molar-refractivity contribution in [3.05, 3.63) is 108 Å². The van der Waals surface area contributed by atoms with Crippen molar-refractivity contribution in [2.24, 2.45) is 5.10 Å². The molecule has 226 valence electrons. The third kappa shape index (κ3) is 8.29. The molecule has 12 nitrogen and oxygen atoms in total. The molecule has 3 aromatic carbocycles. The highest BCUT2D eigenvalue weighted by molar-refractivity contribution is 7.89. The number of ether oxygens (including phenoxy) is 2. The zero-order valence-corrected chi connectivity index (χ0v) is 25.0. The van der Waals surface area contributed by atoms with Crippen LogP contribution in [-0.4, -0.2) is 54.0 Å².